The number of phenolic OH excluding ortho intramolecular Hbond substituents is 1. The summed E-state index contributed by atoms with van der Waals surface area (Å²) in [7, 11) is 0. The van der Waals surface area contributed by atoms with E-state index in [1.54, 1.807) is 12.1 Å². The van der Waals surface area contributed by atoms with Crippen molar-refractivity contribution in [1.29, 1.82) is 5.26 Å². The number of rotatable bonds is 2. The van der Waals surface area contributed by atoms with E-state index in [1.165, 1.54) is 19.1 Å². The molecule has 1 aromatic carbocycles. The average Bonchev–Trinajstić information content (AvgIpc) is 2.21. The third kappa shape index (κ3) is 2.96. The minimum Gasteiger partial charge on any atom is -0.507 e. The molecule has 0 amide bonds. The van der Waals surface area contributed by atoms with Crippen molar-refractivity contribution in [3.63, 3.8) is 0 Å². The summed E-state index contributed by atoms with van der Waals surface area (Å²) in [6.45, 7) is 1.45. The fourth-order valence-corrected chi connectivity index (χ4v) is 1.28. The molecule has 0 radical (unpaired) electrons. The first-order valence-corrected chi connectivity index (χ1v) is 4.93. The molecular formula is C10H8BrNO3. The molecule has 0 aliphatic rings. The van der Waals surface area contributed by atoms with Crippen molar-refractivity contribution in [2.24, 2.45) is 0 Å². The van der Waals surface area contributed by atoms with Crippen LogP contribution >= 0.6 is 15.9 Å². The molecule has 5 heteroatoms. The third-order valence-electron chi connectivity index (χ3n) is 1.64. The van der Waals surface area contributed by atoms with E-state index in [0.29, 0.717) is 4.47 Å². The normalized spacial score (nSPS) is 11.5. The van der Waals surface area contributed by atoms with Crippen molar-refractivity contribution < 1.29 is 14.6 Å². The smallest absolute Gasteiger partial charge is 0.343 e. The number of ether oxygens (including phenoxy) is 1. The standard InChI is InChI=1S/C10H8BrNO3/c1-6(5-12)15-10(14)8-4-7(11)2-3-9(8)13/h2-4,6,13H,1H3/t6-/m0/s1. The Balaban J connectivity index is 2.92. The molecule has 0 unspecified atom stereocenters. The Labute approximate surface area is 95.2 Å². The lowest BCUT2D eigenvalue weighted by atomic mass is 10.2. The molecule has 0 heterocycles. The van der Waals surface area contributed by atoms with Crippen LogP contribution in [-0.2, 0) is 4.74 Å². The molecule has 0 aromatic heterocycles. The van der Waals surface area contributed by atoms with Gasteiger partial charge in [0.1, 0.15) is 17.4 Å². The Morgan fingerprint density at radius 3 is 2.93 bits per heavy atom. The molecule has 15 heavy (non-hydrogen) atoms. The first kappa shape index (κ1) is 11.5. The Bertz CT molecular complexity index is 425. The molecule has 4 nitrogen and oxygen atoms in total. The highest BCUT2D eigenvalue weighted by molar-refractivity contribution is 9.10. The second-order valence-electron chi connectivity index (χ2n) is 2.84. The summed E-state index contributed by atoms with van der Waals surface area (Å²) in [5.74, 6) is -0.892. The number of carbonyl (C=O) groups is 1. The second-order valence-corrected chi connectivity index (χ2v) is 3.75. The molecule has 0 spiro atoms. The fourth-order valence-electron chi connectivity index (χ4n) is 0.922. The van der Waals surface area contributed by atoms with Crippen LogP contribution in [0.1, 0.15) is 17.3 Å². The van der Waals surface area contributed by atoms with E-state index in [9.17, 15) is 9.90 Å². The van der Waals surface area contributed by atoms with Crippen LogP contribution in [0.25, 0.3) is 0 Å². The minimum atomic E-state index is -0.837. The molecule has 1 N–H and O–H groups in total. The molecule has 1 aromatic rings. The first-order valence-electron chi connectivity index (χ1n) is 4.13. The Morgan fingerprint density at radius 2 is 2.33 bits per heavy atom. The summed E-state index contributed by atoms with van der Waals surface area (Å²) < 4.78 is 5.39. The van der Waals surface area contributed by atoms with Gasteiger partial charge in [-0.05, 0) is 25.1 Å². The van der Waals surface area contributed by atoms with Crippen LogP contribution in [0.5, 0.6) is 5.75 Å². The number of hydrogen-bond acceptors (Lipinski definition) is 4. The van der Waals surface area contributed by atoms with Gasteiger partial charge in [-0.15, -0.1) is 0 Å². The monoisotopic (exact) mass is 269 g/mol. The maximum Gasteiger partial charge on any atom is 0.343 e. The summed E-state index contributed by atoms with van der Waals surface area (Å²) in [5.41, 5.74) is 0.0338. The number of benzene rings is 1. The van der Waals surface area contributed by atoms with Gasteiger partial charge in [0.05, 0.1) is 0 Å². The van der Waals surface area contributed by atoms with Gasteiger partial charge in [0.25, 0.3) is 0 Å². The van der Waals surface area contributed by atoms with Crippen LogP contribution in [0, 0.1) is 11.3 Å². The van der Waals surface area contributed by atoms with E-state index in [0.717, 1.165) is 0 Å². The quantitative estimate of drug-likeness (QED) is 0.836. The van der Waals surface area contributed by atoms with Crippen molar-refractivity contribution in [2.45, 2.75) is 13.0 Å². The van der Waals surface area contributed by atoms with Gasteiger partial charge in [-0.1, -0.05) is 15.9 Å². The van der Waals surface area contributed by atoms with E-state index in [2.05, 4.69) is 15.9 Å². The molecule has 0 aliphatic heterocycles. The molecular weight excluding hydrogens is 262 g/mol. The highest BCUT2D eigenvalue weighted by atomic mass is 79.9. The molecule has 1 atom stereocenters. The number of nitrogens with zero attached hydrogens (tertiary/aromatic N) is 1. The average molecular weight is 270 g/mol. The number of hydrogen-bond donors (Lipinski definition) is 1. The van der Waals surface area contributed by atoms with Gasteiger partial charge in [-0.2, -0.15) is 5.26 Å². The number of halogens is 1. The lowest BCUT2D eigenvalue weighted by molar-refractivity contribution is 0.0432. The highest BCUT2D eigenvalue weighted by Crippen LogP contribution is 2.22. The largest absolute Gasteiger partial charge is 0.507 e. The Kier molecular flexibility index (Phi) is 3.69. The lowest BCUT2D eigenvalue weighted by Crippen LogP contribution is -2.13. The lowest BCUT2D eigenvalue weighted by Gasteiger charge is -2.07. The van der Waals surface area contributed by atoms with E-state index < -0.39 is 12.1 Å². The molecule has 0 fully saturated rings. The number of phenols is 1. The third-order valence-corrected chi connectivity index (χ3v) is 2.14. The second kappa shape index (κ2) is 4.80. The van der Waals surface area contributed by atoms with Gasteiger partial charge in [-0.25, -0.2) is 4.79 Å². The maximum absolute atomic E-state index is 11.4. The van der Waals surface area contributed by atoms with E-state index >= 15 is 0 Å². The molecule has 0 saturated carbocycles. The fraction of sp³-hybridized carbons (Fsp3) is 0.200. The van der Waals surface area contributed by atoms with Crippen LogP contribution in [0.15, 0.2) is 22.7 Å². The zero-order chi connectivity index (χ0) is 11.4. The van der Waals surface area contributed by atoms with Crippen molar-refractivity contribution >= 4 is 21.9 Å². The summed E-state index contributed by atoms with van der Waals surface area (Å²) in [5, 5.41) is 17.8. The number of carbonyl (C=O) groups excluding carboxylic acids is 1. The van der Waals surface area contributed by atoms with Crippen molar-refractivity contribution in [1.82, 2.24) is 0 Å². The Hall–Kier alpha value is -1.54. The minimum absolute atomic E-state index is 0.0338. The summed E-state index contributed by atoms with van der Waals surface area (Å²) in [6.07, 6.45) is -0.837. The summed E-state index contributed by atoms with van der Waals surface area (Å²) >= 11 is 3.16. The zero-order valence-corrected chi connectivity index (χ0v) is 9.48. The van der Waals surface area contributed by atoms with Crippen LogP contribution in [-0.4, -0.2) is 17.2 Å². The highest BCUT2D eigenvalue weighted by Gasteiger charge is 2.15. The van der Waals surface area contributed by atoms with Gasteiger partial charge >= 0.3 is 5.97 Å². The zero-order valence-electron chi connectivity index (χ0n) is 7.90. The molecule has 0 bridgehead atoms. The predicted octanol–water partition coefficient (Wildman–Crippen LogP) is 2.22. The molecule has 0 saturated heterocycles. The van der Waals surface area contributed by atoms with Crippen LogP contribution in [0.4, 0.5) is 0 Å². The van der Waals surface area contributed by atoms with E-state index in [-0.39, 0.29) is 11.3 Å². The molecule has 0 aliphatic carbocycles. The number of esters is 1. The summed E-state index contributed by atoms with van der Waals surface area (Å²) in [6, 6.07) is 6.17. The van der Waals surface area contributed by atoms with Gasteiger partial charge in [0.2, 0.25) is 0 Å². The van der Waals surface area contributed by atoms with Gasteiger partial charge in [-0.3, -0.25) is 0 Å². The van der Waals surface area contributed by atoms with Gasteiger partial charge < -0.3 is 9.84 Å². The van der Waals surface area contributed by atoms with Crippen molar-refractivity contribution in [3.8, 4) is 11.8 Å². The predicted molar refractivity (Wildman–Crippen MR) is 56.3 cm³/mol. The molecule has 78 valence electrons. The SMILES string of the molecule is C[C@@H](C#N)OC(=O)c1cc(Br)ccc1O. The maximum atomic E-state index is 11.4. The van der Waals surface area contributed by atoms with Gasteiger partial charge in [0, 0.05) is 4.47 Å². The molecule has 1 rings (SSSR count). The van der Waals surface area contributed by atoms with E-state index in [1.807, 2.05) is 0 Å². The van der Waals surface area contributed by atoms with Gasteiger partial charge in [0.15, 0.2) is 6.10 Å². The first-order chi connectivity index (χ1) is 7.04. The number of nitriles is 1. The van der Waals surface area contributed by atoms with Crippen LogP contribution in [0.3, 0.4) is 0 Å². The Morgan fingerprint density at radius 1 is 1.67 bits per heavy atom. The summed E-state index contributed by atoms with van der Waals surface area (Å²) in [4.78, 5) is 11.4. The number of aromatic hydroxyl groups is 1. The van der Waals surface area contributed by atoms with Crippen molar-refractivity contribution in [2.75, 3.05) is 0 Å². The van der Waals surface area contributed by atoms with E-state index in [4.69, 9.17) is 10.00 Å². The topological polar surface area (TPSA) is 70.3 Å². The van der Waals surface area contributed by atoms with Crippen LogP contribution < -0.4 is 0 Å². The van der Waals surface area contributed by atoms with Crippen molar-refractivity contribution in [3.05, 3.63) is 28.2 Å². The van der Waals surface area contributed by atoms with Crippen LogP contribution in [0.2, 0.25) is 0 Å².